The number of hydrogen-bond acceptors (Lipinski definition) is 3. The highest BCUT2D eigenvalue weighted by Gasteiger charge is 2.28. The summed E-state index contributed by atoms with van der Waals surface area (Å²) in [7, 11) is 0. The van der Waals surface area contributed by atoms with Crippen LogP contribution in [0.4, 0.5) is 10.7 Å². The van der Waals surface area contributed by atoms with Crippen LogP contribution in [-0.4, -0.2) is 16.8 Å². The largest absolute Gasteiger partial charge is 0.362 e. The molecule has 1 aromatic carbocycles. The minimum absolute atomic E-state index is 0.152. The van der Waals surface area contributed by atoms with Crippen molar-refractivity contribution in [1.82, 2.24) is 4.98 Å². The van der Waals surface area contributed by atoms with Gasteiger partial charge in [0.25, 0.3) is 11.8 Å². The van der Waals surface area contributed by atoms with E-state index in [9.17, 15) is 9.59 Å². The number of hydrogen-bond donors (Lipinski definition) is 3. The maximum Gasteiger partial charge on any atom is 0.265 e. The number of thiophene rings is 1. The summed E-state index contributed by atoms with van der Waals surface area (Å²) < 4.78 is 0. The monoisotopic (exact) mass is 335 g/mol. The van der Waals surface area contributed by atoms with E-state index >= 15 is 0 Å². The van der Waals surface area contributed by atoms with E-state index in [4.69, 9.17) is 0 Å². The van der Waals surface area contributed by atoms with Gasteiger partial charge in [-0.1, -0.05) is 18.2 Å². The highest BCUT2D eigenvalue weighted by molar-refractivity contribution is 7.19. The second-order valence-electron chi connectivity index (χ2n) is 5.31. The van der Waals surface area contributed by atoms with Gasteiger partial charge in [-0.25, -0.2) is 0 Å². The summed E-state index contributed by atoms with van der Waals surface area (Å²) in [4.78, 5) is 28.1. The summed E-state index contributed by atoms with van der Waals surface area (Å²) in [5.74, 6) is -0.338. The van der Waals surface area contributed by atoms with Gasteiger partial charge in [-0.3, -0.25) is 9.59 Å². The first-order chi connectivity index (χ1) is 11.7. The summed E-state index contributed by atoms with van der Waals surface area (Å²) in [6.45, 7) is 0. The maximum absolute atomic E-state index is 12.4. The van der Waals surface area contributed by atoms with Crippen LogP contribution in [0, 0.1) is 0 Å². The molecule has 6 heteroatoms. The lowest BCUT2D eigenvalue weighted by atomic mass is 10.1. The predicted molar refractivity (Wildman–Crippen MR) is 96.0 cm³/mol. The summed E-state index contributed by atoms with van der Waals surface area (Å²) in [5, 5.41) is 6.37. The molecule has 1 aliphatic heterocycles. The minimum Gasteiger partial charge on any atom is -0.362 e. The highest BCUT2D eigenvalue weighted by Crippen LogP contribution is 2.40. The van der Waals surface area contributed by atoms with E-state index in [-0.39, 0.29) is 11.8 Å². The average molecular weight is 335 g/mol. The molecule has 0 saturated carbocycles. The number of nitrogens with one attached hydrogen (secondary N) is 3. The smallest absolute Gasteiger partial charge is 0.265 e. The number of carbonyl (C=O) groups is 2. The number of carbonyl (C=O) groups excluding carboxylic acids is 2. The number of para-hydroxylation sites is 1. The first-order valence-corrected chi connectivity index (χ1v) is 8.19. The van der Waals surface area contributed by atoms with Crippen LogP contribution in [0.25, 0.3) is 11.6 Å². The normalized spacial score (nSPS) is 14.5. The van der Waals surface area contributed by atoms with Crippen LogP contribution in [0.2, 0.25) is 0 Å². The van der Waals surface area contributed by atoms with Crippen LogP contribution < -0.4 is 10.6 Å². The van der Waals surface area contributed by atoms with Crippen molar-refractivity contribution in [3.05, 3.63) is 70.9 Å². The van der Waals surface area contributed by atoms with Crippen molar-refractivity contribution in [2.24, 2.45) is 0 Å². The van der Waals surface area contributed by atoms with Gasteiger partial charge in [0.15, 0.2) is 0 Å². The molecule has 0 atom stereocenters. The van der Waals surface area contributed by atoms with E-state index in [1.165, 1.54) is 11.3 Å². The van der Waals surface area contributed by atoms with Crippen molar-refractivity contribution in [1.29, 1.82) is 0 Å². The lowest BCUT2D eigenvalue weighted by molar-refractivity contribution is -0.110. The van der Waals surface area contributed by atoms with E-state index in [0.29, 0.717) is 15.5 Å². The van der Waals surface area contributed by atoms with Gasteiger partial charge in [-0.2, -0.15) is 0 Å². The fourth-order valence-corrected chi connectivity index (χ4v) is 3.50. The Bertz CT molecular complexity index is 940. The Morgan fingerprint density at radius 1 is 1.12 bits per heavy atom. The lowest BCUT2D eigenvalue weighted by Crippen LogP contribution is -2.10. The molecule has 0 fully saturated rings. The summed E-state index contributed by atoms with van der Waals surface area (Å²) in [5.41, 5.74) is 2.90. The molecule has 0 spiro atoms. The Balaban J connectivity index is 1.62. The van der Waals surface area contributed by atoms with Gasteiger partial charge in [0.2, 0.25) is 0 Å². The molecular formula is C18H13N3O2S. The van der Waals surface area contributed by atoms with Crippen molar-refractivity contribution in [3.8, 4) is 0 Å². The maximum atomic E-state index is 12.4. The number of H-pyrrole nitrogens is 1. The molecule has 5 nitrogen and oxygen atoms in total. The molecule has 1 aliphatic rings. The molecule has 0 radical (unpaired) electrons. The number of anilines is 2. The van der Waals surface area contributed by atoms with Gasteiger partial charge in [-0.15, -0.1) is 11.3 Å². The Hall–Kier alpha value is -3.12. The first kappa shape index (κ1) is 14.5. The molecule has 0 aliphatic carbocycles. The Morgan fingerprint density at radius 3 is 2.71 bits per heavy atom. The van der Waals surface area contributed by atoms with Crippen LogP contribution >= 0.6 is 11.3 Å². The zero-order chi connectivity index (χ0) is 16.5. The molecule has 0 bridgehead atoms. The van der Waals surface area contributed by atoms with Gasteiger partial charge in [0.1, 0.15) is 5.00 Å². The molecule has 0 saturated heterocycles. The van der Waals surface area contributed by atoms with Crippen LogP contribution in [-0.2, 0) is 4.79 Å². The van der Waals surface area contributed by atoms with Gasteiger partial charge in [0, 0.05) is 23.1 Å². The van der Waals surface area contributed by atoms with Crippen LogP contribution in [0.3, 0.4) is 0 Å². The highest BCUT2D eigenvalue weighted by atomic mass is 32.1. The molecule has 118 valence electrons. The molecule has 3 N–H and O–H groups in total. The van der Waals surface area contributed by atoms with Crippen LogP contribution in [0.5, 0.6) is 0 Å². The van der Waals surface area contributed by atoms with Gasteiger partial charge >= 0.3 is 0 Å². The molecule has 0 unspecified atom stereocenters. The Morgan fingerprint density at radius 2 is 1.96 bits per heavy atom. The Kier molecular flexibility index (Phi) is 3.51. The zero-order valence-electron chi connectivity index (χ0n) is 12.5. The van der Waals surface area contributed by atoms with Crippen molar-refractivity contribution in [3.63, 3.8) is 0 Å². The third-order valence-corrected chi connectivity index (χ3v) is 4.72. The standard InChI is InChI=1S/C18H13N3O2S/c22-16-13(9-12-7-4-8-19-12)14-10-15(24-18(14)21-16)17(23)20-11-5-2-1-3-6-11/h1-10,19H,(H,20,23)(H,21,22). The second-order valence-corrected chi connectivity index (χ2v) is 6.36. The first-order valence-electron chi connectivity index (χ1n) is 7.38. The number of benzene rings is 1. The quantitative estimate of drug-likeness (QED) is 0.637. The third-order valence-electron chi connectivity index (χ3n) is 3.67. The molecular weight excluding hydrogens is 322 g/mol. The van der Waals surface area contributed by atoms with Crippen LogP contribution in [0.1, 0.15) is 20.9 Å². The fraction of sp³-hybridized carbons (Fsp3) is 0. The van der Waals surface area contributed by atoms with Gasteiger partial charge in [0.05, 0.1) is 10.5 Å². The van der Waals surface area contributed by atoms with E-state index in [1.54, 1.807) is 18.3 Å². The number of aromatic nitrogens is 1. The summed E-state index contributed by atoms with van der Waals surface area (Å²) >= 11 is 1.27. The second kappa shape index (κ2) is 5.82. The lowest BCUT2D eigenvalue weighted by Gasteiger charge is -2.02. The van der Waals surface area contributed by atoms with E-state index < -0.39 is 0 Å². The molecule has 4 rings (SSSR count). The average Bonchev–Trinajstić information content (AvgIpc) is 3.28. The predicted octanol–water partition coefficient (Wildman–Crippen LogP) is 3.82. The van der Waals surface area contributed by atoms with Crippen molar-refractivity contribution in [2.45, 2.75) is 0 Å². The van der Waals surface area contributed by atoms with E-state index in [0.717, 1.165) is 16.9 Å². The number of amides is 2. The van der Waals surface area contributed by atoms with Crippen molar-refractivity contribution >= 4 is 45.5 Å². The van der Waals surface area contributed by atoms with E-state index in [2.05, 4.69) is 15.6 Å². The van der Waals surface area contributed by atoms with Crippen molar-refractivity contribution in [2.75, 3.05) is 10.6 Å². The molecule has 2 amide bonds. The van der Waals surface area contributed by atoms with Gasteiger partial charge < -0.3 is 15.6 Å². The molecule has 2 aromatic heterocycles. The molecule has 3 aromatic rings. The van der Waals surface area contributed by atoms with Crippen molar-refractivity contribution < 1.29 is 9.59 Å². The molecule has 3 heterocycles. The minimum atomic E-state index is -0.186. The Labute approximate surface area is 142 Å². The number of aromatic amines is 1. The fourth-order valence-electron chi connectivity index (χ4n) is 2.54. The van der Waals surface area contributed by atoms with Gasteiger partial charge in [-0.05, 0) is 36.4 Å². The number of rotatable bonds is 3. The summed E-state index contributed by atoms with van der Waals surface area (Å²) in [6.07, 6.45) is 3.58. The topological polar surface area (TPSA) is 74.0 Å². The third kappa shape index (κ3) is 2.63. The molecule has 24 heavy (non-hydrogen) atoms. The zero-order valence-corrected chi connectivity index (χ0v) is 13.3. The number of fused-ring (bicyclic) bond motifs is 1. The summed E-state index contributed by atoms with van der Waals surface area (Å²) in [6, 6.07) is 14.8. The SMILES string of the molecule is O=C1Nc2sc(C(=O)Nc3ccccc3)cc2C1=Cc1ccc[nH]1. The van der Waals surface area contributed by atoms with Crippen LogP contribution in [0.15, 0.2) is 54.7 Å². The van der Waals surface area contributed by atoms with E-state index in [1.807, 2.05) is 42.5 Å².